The molecule has 3 N–H and O–H groups in total. The average molecular weight is 310 g/mol. The van der Waals surface area contributed by atoms with Crippen molar-refractivity contribution in [3.8, 4) is 17.7 Å². The zero-order valence-electron chi connectivity index (χ0n) is 12.4. The number of amides is 1. The number of nitrogens with zero attached hydrogens (tertiary/aromatic N) is 3. The first-order valence-electron chi connectivity index (χ1n) is 6.96. The number of hydroxylamine groups is 1. The van der Waals surface area contributed by atoms with Crippen molar-refractivity contribution >= 4 is 11.6 Å². The van der Waals surface area contributed by atoms with Gasteiger partial charge in [0.15, 0.2) is 0 Å². The van der Waals surface area contributed by atoms with Crippen LogP contribution in [0.25, 0.3) is 0 Å². The Bertz CT molecular complexity index is 829. The molecule has 1 amide bonds. The van der Waals surface area contributed by atoms with Crippen molar-refractivity contribution in [3.63, 3.8) is 0 Å². The summed E-state index contributed by atoms with van der Waals surface area (Å²) in [6.07, 6.45) is 1.86. The zero-order valence-corrected chi connectivity index (χ0v) is 12.4. The van der Waals surface area contributed by atoms with Gasteiger partial charge in [-0.2, -0.15) is 10.3 Å². The molecule has 1 unspecified atom stereocenters. The molecule has 7 nitrogen and oxygen atoms in total. The molecule has 3 rings (SSSR count). The van der Waals surface area contributed by atoms with E-state index >= 15 is 0 Å². The molecule has 0 radical (unpaired) electrons. The number of hydrogen-bond donors (Lipinski definition) is 2. The molecule has 0 fully saturated rings. The Labute approximate surface area is 132 Å². The summed E-state index contributed by atoms with van der Waals surface area (Å²) in [6, 6.07) is 7.83. The highest BCUT2D eigenvalue weighted by Crippen LogP contribution is 2.32. The van der Waals surface area contributed by atoms with Crippen molar-refractivity contribution in [1.82, 2.24) is 4.98 Å². The summed E-state index contributed by atoms with van der Waals surface area (Å²) >= 11 is 0. The van der Waals surface area contributed by atoms with Crippen LogP contribution in [-0.4, -0.2) is 22.1 Å². The second kappa shape index (κ2) is 5.68. The SMILES string of the molecule is Cc1ccnc(Oc2ccc3c(c2)CC(N)C(=O)N3O)c1C#N. The van der Waals surface area contributed by atoms with Crippen molar-refractivity contribution in [2.75, 3.05) is 5.06 Å². The van der Waals surface area contributed by atoms with Crippen molar-refractivity contribution in [2.24, 2.45) is 5.73 Å². The molecule has 2 aromatic rings. The normalized spacial score (nSPS) is 16.7. The van der Waals surface area contributed by atoms with Crippen LogP contribution in [0.3, 0.4) is 0 Å². The predicted octanol–water partition coefficient (Wildman–Crippen LogP) is 1.66. The number of pyridine rings is 1. The van der Waals surface area contributed by atoms with Crippen LogP contribution < -0.4 is 15.5 Å². The number of aryl methyl sites for hydroxylation is 1. The van der Waals surface area contributed by atoms with E-state index in [9.17, 15) is 15.3 Å². The number of carbonyl (C=O) groups excluding carboxylic acids is 1. The van der Waals surface area contributed by atoms with Crippen LogP contribution in [0.15, 0.2) is 30.5 Å². The van der Waals surface area contributed by atoms with E-state index in [0.29, 0.717) is 34.0 Å². The first kappa shape index (κ1) is 15.0. The largest absolute Gasteiger partial charge is 0.438 e. The molecule has 1 aliphatic heterocycles. The minimum atomic E-state index is -0.797. The Hall–Kier alpha value is -2.95. The maximum Gasteiger partial charge on any atom is 0.267 e. The standard InChI is InChI=1S/C16H14N4O3/c1-9-4-5-19-15(12(9)8-17)23-11-2-3-14-10(6-11)7-13(18)16(21)20(14)22/h2-6,13,22H,7,18H2,1H3. The fraction of sp³-hybridized carbons (Fsp3) is 0.188. The van der Waals surface area contributed by atoms with Gasteiger partial charge in [0.25, 0.3) is 5.91 Å². The number of nitrogens with two attached hydrogens (primary N) is 1. The first-order chi connectivity index (χ1) is 11.0. The van der Waals surface area contributed by atoms with E-state index in [4.69, 9.17) is 10.5 Å². The van der Waals surface area contributed by atoms with Gasteiger partial charge in [-0.1, -0.05) is 0 Å². The van der Waals surface area contributed by atoms with Crippen molar-refractivity contribution in [1.29, 1.82) is 5.26 Å². The summed E-state index contributed by atoms with van der Waals surface area (Å²) < 4.78 is 5.69. The molecule has 0 spiro atoms. The molecule has 23 heavy (non-hydrogen) atoms. The van der Waals surface area contributed by atoms with Crippen LogP contribution >= 0.6 is 0 Å². The van der Waals surface area contributed by atoms with Crippen LogP contribution in [0.4, 0.5) is 5.69 Å². The highest BCUT2D eigenvalue weighted by molar-refractivity contribution is 5.98. The van der Waals surface area contributed by atoms with Crippen molar-refractivity contribution < 1.29 is 14.7 Å². The molecular formula is C16H14N4O3. The summed E-state index contributed by atoms with van der Waals surface area (Å²) in [5.41, 5.74) is 7.89. The number of nitriles is 1. The van der Waals surface area contributed by atoms with E-state index in [0.717, 1.165) is 5.56 Å². The van der Waals surface area contributed by atoms with Crippen LogP contribution in [0.1, 0.15) is 16.7 Å². The fourth-order valence-corrected chi connectivity index (χ4v) is 2.45. The number of anilines is 1. The Morgan fingerprint density at radius 3 is 3.00 bits per heavy atom. The second-order valence-corrected chi connectivity index (χ2v) is 5.27. The molecule has 116 valence electrons. The Morgan fingerprint density at radius 1 is 1.48 bits per heavy atom. The number of hydrogen-bond acceptors (Lipinski definition) is 6. The molecule has 2 heterocycles. The van der Waals surface area contributed by atoms with Crippen LogP contribution in [0.5, 0.6) is 11.6 Å². The van der Waals surface area contributed by atoms with E-state index in [1.54, 1.807) is 37.4 Å². The summed E-state index contributed by atoms with van der Waals surface area (Å²) in [5.74, 6) is 0.121. The number of carbonyl (C=O) groups is 1. The minimum Gasteiger partial charge on any atom is -0.438 e. The molecule has 0 saturated carbocycles. The Balaban J connectivity index is 1.95. The lowest BCUT2D eigenvalue weighted by Gasteiger charge is -2.27. The van der Waals surface area contributed by atoms with Crippen molar-refractivity contribution in [3.05, 3.63) is 47.2 Å². The second-order valence-electron chi connectivity index (χ2n) is 5.27. The Morgan fingerprint density at radius 2 is 2.26 bits per heavy atom. The van der Waals surface area contributed by atoms with Gasteiger partial charge in [0, 0.05) is 6.20 Å². The maximum absolute atomic E-state index is 11.7. The van der Waals surface area contributed by atoms with Gasteiger partial charge in [0.1, 0.15) is 17.4 Å². The van der Waals surface area contributed by atoms with Crippen molar-refractivity contribution in [2.45, 2.75) is 19.4 Å². The van der Waals surface area contributed by atoms with Gasteiger partial charge >= 0.3 is 0 Å². The monoisotopic (exact) mass is 310 g/mol. The first-order valence-corrected chi connectivity index (χ1v) is 6.96. The summed E-state index contributed by atoms with van der Waals surface area (Å²) in [6.45, 7) is 1.80. The molecule has 1 aromatic carbocycles. The maximum atomic E-state index is 11.7. The van der Waals surface area contributed by atoms with E-state index in [1.165, 1.54) is 0 Å². The van der Waals surface area contributed by atoms with E-state index in [2.05, 4.69) is 11.1 Å². The average Bonchev–Trinajstić information content (AvgIpc) is 2.53. The van der Waals surface area contributed by atoms with Gasteiger partial charge in [-0.15, -0.1) is 0 Å². The number of fused-ring (bicyclic) bond motifs is 1. The quantitative estimate of drug-likeness (QED) is 0.816. The number of rotatable bonds is 2. The molecule has 0 saturated heterocycles. The topological polar surface area (TPSA) is 112 Å². The van der Waals surface area contributed by atoms with Crippen LogP contribution in [-0.2, 0) is 11.2 Å². The molecular weight excluding hydrogens is 296 g/mol. The fourth-order valence-electron chi connectivity index (χ4n) is 2.45. The molecule has 0 bridgehead atoms. The van der Waals surface area contributed by atoms with Gasteiger partial charge in [-0.25, -0.2) is 4.98 Å². The number of ether oxygens (including phenoxy) is 1. The van der Waals surface area contributed by atoms with Gasteiger partial charge in [0.05, 0.1) is 11.7 Å². The van der Waals surface area contributed by atoms with E-state index in [-0.39, 0.29) is 5.88 Å². The molecule has 1 atom stereocenters. The summed E-state index contributed by atoms with van der Waals surface area (Å²) in [4.78, 5) is 15.7. The molecule has 0 aliphatic carbocycles. The third kappa shape index (κ3) is 2.61. The lowest BCUT2D eigenvalue weighted by Crippen LogP contribution is -2.47. The highest BCUT2D eigenvalue weighted by atomic mass is 16.5. The molecule has 1 aliphatic rings. The van der Waals surface area contributed by atoms with Crippen LogP contribution in [0, 0.1) is 18.3 Å². The predicted molar refractivity (Wildman–Crippen MR) is 81.2 cm³/mol. The third-order valence-electron chi connectivity index (χ3n) is 3.70. The zero-order chi connectivity index (χ0) is 16.6. The van der Waals surface area contributed by atoms with Gasteiger partial charge in [-0.05, 0) is 48.7 Å². The number of benzene rings is 1. The smallest absolute Gasteiger partial charge is 0.267 e. The van der Waals surface area contributed by atoms with Gasteiger partial charge < -0.3 is 10.5 Å². The molecule has 1 aromatic heterocycles. The van der Waals surface area contributed by atoms with E-state index < -0.39 is 11.9 Å². The summed E-state index contributed by atoms with van der Waals surface area (Å²) in [7, 11) is 0. The lowest BCUT2D eigenvalue weighted by molar-refractivity contribution is -0.125. The highest BCUT2D eigenvalue weighted by Gasteiger charge is 2.30. The van der Waals surface area contributed by atoms with Crippen LogP contribution in [0.2, 0.25) is 0 Å². The van der Waals surface area contributed by atoms with E-state index in [1.807, 2.05) is 0 Å². The third-order valence-corrected chi connectivity index (χ3v) is 3.70. The van der Waals surface area contributed by atoms with Gasteiger partial charge in [-0.3, -0.25) is 10.0 Å². The number of aromatic nitrogens is 1. The van der Waals surface area contributed by atoms with Gasteiger partial charge in [0.2, 0.25) is 5.88 Å². The molecule has 7 heteroatoms. The summed E-state index contributed by atoms with van der Waals surface area (Å²) in [5, 5.41) is 19.6. The lowest BCUT2D eigenvalue weighted by atomic mass is 9.99. The Kier molecular flexibility index (Phi) is 3.70. The minimum absolute atomic E-state index is 0.212.